The first-order chi connectivity index (χ1) is 3.80. The van der Waals surface area contributed by atoms with Gasteiger partial charge in [0.1, 0.15) is 5.82 Å². The molecule has 60 valence electrons. The van der Waals surface area contributed by atoms with E-state index in [2.05, 4.69) is 9.97 Å². The predicted octanol–water partition coefficient (Wildman–Crippen LogP) is 1.27. The molecular weight excluding hydrogens is 173 g/mol. The van der Waals surface area contributed by atoms with Crippen LogP contribution in [0, 0.1) is 0 Å². The van der Waals surface area contributed by atoms with Crippen LogP contribution in [0.2, 0.25) is 0 Å². The zero-order valence-electron chi connectivity index (χ0n) is 5.57. The second kappa shape index (κ2) is 5.53. The number of nitrogens with one attached hydrogen (secondary N) is 1. The van der Waals surface area contributed by atoms with Crippen LogP contribution in [0.15, 0.2) is 12.4 Å². The van der Waals surface area contributed by atoms with Gasteiger partial charge in [0.05, 0.1) is 6.04 Å². The zero-order valence-corrected chi connectivity index (χ0v) is 7.21. The molecule has 10 heavy (non-hydrogen) atoms. The fourth-order valence-electron chi connectivity index (χ4n) is 0.526. The molecular formula is C5H11Cl2N3. The highest BCUT2D eigenvalue weighted by Gasteiger charge is 1.97. The number of nitrogens with two attached hydrogens (primary N) is 1. The second-order valence-corrected chi connectivity index (χ2v) is 1.76. The number of imidazole rings is 1. The summed E-state index contributed by atoms with van der Waals surface area (Å²) in [6.45, 7) is 1.89. The Morgan fingerprint density at radius 3 is 2.40 bits per heavy atom. The quantitative estimate of drug-likeness (QED) is 0.690. The molecule has 0 bridgehead atoms. The smallest absolute Gasteiger partial charge is 0.122 e. The number of hydrogen-bond donors (Lipinski definition) is 2. The normalized spacial score (nSPS) is 11.0. The van der Waals surface area contributed by atoms with E-state index in [9.17, 15) is 0 Å². The van der Waals surface area contributed by atoms with Gasteiger partial charge in [-0.2, -0.15) is 0 Å². The molecule has 0 aliphatic heterocycles. The molecule has 3 nitrogen and oxygen atoms in total. The number of nitrogens with zero attached hydrogens (tertiary/aromatic N) is 1. The Morgan fingerprint density at radius 1 is 1.60 bits per heavy atom. The zero-order chi connectivity index (χ0) is 5.98. The Balaban J connectivity index is 0. The lowest BCUT2D eigenvalue weighted by Gasteiger charge is -1.95. The lowest BCUT2D eigenvalue weighted by Crippen LogP contribution is -2.06. The van der Waals surface area contributed by atoms with Crippen LogP contribution in [0.3, 0.4) is 0 Å². The SMILES string of the molecule is C[C@@H](N)c1ncc[nH]1.Cl.Cl. The molecule has 5 heteroatoms. The van der Waals surface area contributed by atoms with Crippen LogP contribution in [-0.4, -0.2) is 9.97 Å². The monoisotopic (exact) mass is 183 g/mol. The minimum atomic E-state index is 0. The average molecular weight is 184 g/mol. The van der Waals surface area contributed by atoms with Gasteiger partial charge in [-0.05, 0) is 6.92 Å². The summed E-state index contributed by atoms with van der Waals surface area (Å²) in [4.78, 5) is 6.84. The molecule has 0 radical (unpaired) electrons. The molecule has 0 fully saturated rings. The van der Waals surface area contributed by atoms with E-state index < -0.39 is 0 Å². The molecule has 0 aliphatic carbocycles. The molecule has 3 N–H and O–H groups in total. The van der Waals surface area contributed by atoms with Crippen molar-refractivity contribution in [3.8, 4) is 0 Å². The van der Waals surface area contributed by atoms with Crippen LogP contribution < -0.4 is 5.73 Å². The summed E-state index contributed by atoms with van der Waals surface area (Å²) in [5.41, 5.74) is 5.46. The molecule has 1 heterocycles. The molecule has 1 aromatic heterocycles. The van der Waals surface area contributed by atoms with Gasteiger partial charge in [-0.3, -0.25) is 0 Å². The van der Waals surface area contributed by atoms with E-state index in [0.29, 0.717) is 0 Å². The molecule has 0 unspecified atom stereocenters. The van der Waals surface area contributed by atoms with Crippen molar-refractivity contribution in [1.82, 2.24) is 9.97 Å². The van der Waals surface area contributed by atoms with Gasteiger partial charge in [0.15, 0.2) is 0 Å². The van der Waals surface area contributed by atoms with Crippen molar-refractivity contribution < 1.29 is 0 Å². The third kappa shape index (κ3) is 3.06. The number of aromatic nitrogens is 2. The first-order valence-corrected chi connectivity index (χ1v) is 2.55. The highest BCUT2D eigenvalue weighted by molar-refractivity contribution is 5.85. The Labute approximate surface area is 72.2 Å². The van der Waals surface area contributed by atoms with Gasteiger partial charge in [0.25, 0.3) is 0 Å². The molecule has 1 rings (SSSR count). The van der Waals surface area contributed by atoms with E-state index in [1.165, 1.54) is 0 Å². The van der Waals surface area contributed by atoms with Gasteiger partial charge in [0, 0.05) is 12.4 Å². The van der Waals surface area contributed by atoms with Crippen molar-refractivity contribution in [2.45, 2.75) is 13.0 Å². The van der Waals surface area contributed by atoms with E-state index in [-0.39, 0.29) is 30.9 Å². The lowest BCUT2D eigenvalue weighted by atomic mass is 10.3. The maximum absolute atomic E-state index is 5.46. The highest BCUT2D eigenvalue weighted by atomic mass is 35.5. The number of hydrogen-bond acceptors (Lipinski definition) is 2. The summed E-state index contributed by atoms with van der Waals surface area (Å²) >= 11 is 0. The molecule has 1 atom stereocenters. The summed E-state index contributed by atoms with van der Waals surface area (Å²) in [5, 5.41) is 0. The topological polar surface area (TPSA) is 54.7 Å². The standard InChI is InChI=1S/C5H9N3.2ClH/c1-4(6)5-7-2-3-8-5;;/h2-4H,6H2,1H3,(H,7,8);2*1H/t4-;;/m1../s1. The van der Waals surface area contributed by atoms with Crippen LogP contribution in [-0.2, 0) is 0 Å². The second-order valence-electron chi connectivity index (χ2n) is 1.76. The summed E-state index contributed by atoms with van der Waals surface area (Å²) in [6, 6.07) is 0.0185. The van der Waals surface area contributed by atoms with Crippen molar-refractivity contribution in [3.63, 3.8) is 0 Å². The number of H-pyrrole nitrogens is 1. The van der Waals surface area contributed by atoms with E-state index in [1.807, 2.05) is 6.92 Å². The van der Waals surface area contributed by atoms with Gasteiger partial charge in [-0.15, -0.1) is 24.8 Å². The highest BCUT2D eigenvalue weighted by Crippen LogP contribution is 1.98. The first-order valence-electron chi connectivity index (χ1n) is 2.55. The maximum Gasteiger partial charge on any atom is 0.122 e. The van der Waals surface area contributed by atoms with Crippen LogP contribution in [0.5, 0.6) is 0 Å². The predicted molar refractivity (Wildman–Crippen MR) is 45.7 cm³/mol. The molecule has 0 saturated heterocycles. The van der Waals surface area contributed by atoms with Gasteiger partial charge >= 0.3 is 0 Å². The summed E-state index contributed by atoms with van der Waals surface area (Å²) in [5.74, 6) is 0.838. The lowest BCUT2D eigenvalue weighted by molar-refractivity contribution is 0.756. The first kappa shape index (κ1) is 12.4. The van der Waals surface area contributed by atoms with Crippen molar-refractivity contribution in [1.29, 1.82) is 0 Å². The van der Waals surface area contributed by atoms with Crippen LogP contribution in [0.4, 0.5) is 0 Å². The molecule has 0 aromatic carbocycles. The van der Waals surface area contributed by atoms with Crippen LogP contribution >= 0.6 is 24.8 Å². The number of aromatic amines is 1. The third-order valence-corrected chi connectivity index (χ3v) is 0.951. The Morgan fingerprint density at radius 2 is 2.20 bits per heavy atom. The summed E-state index contributed by atoms with van der Waals surface area (Å²) < 4.78 is 0. The van der Waals surface area contributed by atoms with E-state index in [4.69, 9.17) is 5.73 Å². The minimum absolute atomic E-state index is 0. The van der Waals surface area contributed by atoms with Crippen LogP contribution in [0.1, 0.15) is 18.8 Å². The average Bonchev–Trinajstić information content (AvgIpc) is 2.12. The van der Waals surface area contributed by atoms with Crippen molar-refractivity contribution >= 4 is 24.8 Å². The maximum atomic E-state index is 5.46. The molecule has 0 amide bonds. The van der Waals surface area contributed by atoms with Crippen molar-refractivity contribution in [3.05, 3.63) is 18.2 Å². The Hall–Kier alpha value is -0.250. The van der Waals surface area contributed by atoms with Gasteiger partial charge in [0.2, 0.25) is 0 Å². The largest absolute Gasteiger partial charge is 0.347 e. The van der Waals surface area contributed by atoms with E-state index >= 15 is 0 Å². The van der Waals surface area contributed by atoms with Gasteiger partial charge in [-0.25, -0.2) is 4.98 Å². The van der Waals surface area contributed by atoms with E-state index in [0.717, 1.165) is 5.82 Å². The van der Waals surface area contributed by atoms with Crippen molar-refractivity contribution in [2.24, 2.45) is 5.73 Å². The van der Waals surface area contributed by atoms with Gasteiger partial charge in [-0.1, -0.05) is 0 Å². The third-order valence-electron chi connectivity index (χ3n) is 0.951. The van der Waals surface area contributed by atoms with E-state index in [1.54, 1.807) is 12.4 Å². The van der Waals surface area contributed by atoms with Crippen molar-refractivity contribution in [2.75, 3.05) is 0 Å². The molecule has 0 aliphatic rings. The Bertz CT molecular complexity index is 150. The fourth-order valence-corrected chi connectivity index (χ4v) is 0.526. The number of rotatable bonds is 1. The fraction of sp³-hybridized carbons (Fsp3) is 0.400. The molecule has 0 spiro atoms. The number of halogens is 2. The Kier molecular flexibility index (Phi) is 6.87. The summed E-state index contributed by atoms with van der Waals surface area (Å²) in [6.07, 6.45) is 3.46. The van der Waals surface area contributed by atoms with Gasteiger partial charge < -0.3 is 10.7 Å². The summed E-state index contributed by atoms with van der Waals surface area (Å²) in [7, 11) is 0. The minimum Gasteiger partial charge on any atom is -0.347 e. The molecule has 0 saturated carbocycles. The molecule has 1 aromatic rings. The van der Waals surface area contributed by atoms with Crippen LogP contribution in [0.25, 0.3) is 0 Å².